The second-order valence-corrected chi connectivity index (χ2v) is 7.46. The van der Waals surface area contributed by atoms with Gasteiger partial charge in [0.15, 0.2) is 0 Å². The zero-order valence-corrected chi connectivity index (χ0v) is 12.8. The van der Waals surface area contributed by atoms with Gasteiger partial charge in [0.05, 0.1) is 11.3 Å². The molecule has 114 valence electrons. The van der Waals surface area contributed by atoms with Crippen molar-refractivity contribution in [2.24, 2.45) is 5.73 Å². The number of nitrogens with zero attached hydrogens (tertiary/aromatic N) is 2. The van der Waals surface area contributed by atoms with E-state index in [-0.39, 0.29) is 23.3 Å². The Morgan fingerprint density at radius 2 is 2.14 bits per heavy atom. The van der Waals surface area contributed by atoms with Crippen molar-refractivity contribution in [3.8, 4) is 0 Å². The zero-order chi connectivity index (χ0) is 15.2. The number of benzene rings is 1. The van der Waals surface area contributed by atoms with E-state index in [0.717, 1.165) is 24.1 Å². The number of sulfonamides is 1. The summed E-state index contributed by atoms with van der Waals surface area (Å²) in [5.41, 5.74) is 7.23. The summed E-state index contributed by atoms with van der Waals surface area (Å²) >= 11 is 0. The maximum atomic E-state index is 12.7. The minimum Gasteiger partial charge on any atom is -0.329 e. The fourth-order valence-electron chi connectivity index (χ4n) is 3.10. The molecular weight excluding hydrogens is 290 g/mol. The molecule has 1 aromatic carbocycles. The summed E-state index contributed by atoms with van der Waals surface area (Å²) in [6.07, 6.45) is 1.91. The largest absolute Gasteiger partial charge is 0.329 e. The van der Waals surface area contributed by atoms with Crippen molar-refractivity contribution in [3.63, 3.8) is 0 Å². The van der Waals surface area contributed by atoms with E-state index in [1.807, 2.05) is 0 Å². The van der Waals surface area contributed by atoms with Crippen LogP contribution in [0.3, 0.4) is 0 Å². The van der Waals surface area contributed by atoms with E-state index >= 15 is 0 Å². The lowest BCUT2D eigenvalue weighted by atomic mass is 10.2. The molecule has 0 bridgehead atoms. The van der Waals surface area contributed by atoms with Crippen molar-refractivity contribution in [1.82, 2.24) is 4.31 Å². The van der Waals surface area contributed by atoms with E-state index in [9.17, 15) is 13.2 Å². The lowest BCUT2D eigenvalue weighted by Gasteiger charge is -2.23. The molecule has 2 N–H and O–H groups in total. The highest BCUT2D eigenvalue weighted by atomic mass is 32.2. The maximum Gasteiger partial charge on any atom is 0.243 e. The number of fused-ring (bicyclic) bond motifs is 1. The molecule has 2 aliphatic heterocycles. The number of hydrogen-bond acceptors (Lipinski definition) is 4. The lowest BCUT2D eigenvalue weighted by molar-refractivity contribution is -0.117. The number of anilines is 1. The third-order valence-electron chi connectivity index (χ3n) is 4.33. The highest BCUT2D eigenvalue weighted by Gasteiger charge is 2.35. The van der Waals surface area contributed by atoms with Gasteiger partial charge in [-0.2, -0.15) is 4.31 Å². The van der Waals surface area contributed by atoms with Gasteiger partial charge >= 0.3 is 0 Å². The van der Waals surface area contributed by atoms with Crippen LogP contribution < -0.4 is 10.6 Å². The Kier molecular flexibility index (Phi) is 3.51. The molecular formula is C14H19N3O3S. The third kappa shape index (κ3) is 2.25. The summed E-state index contributed by atoms with van der Waals surface area (Å²) in [4.78, 5) is 13.5. The first kappa shape index (κ1) is 14.5. The van der Waals surface area contributed by atoms with Crippen LogP contribution in [-0.4, -0.2) is 44.8 Å². The van der Waals surface area contributed by atoms with Gasteiger partial charge in [-0.05, 0) is 36.6 Å². The number of hydrogen-bond donors (Lipinski definition) is 1. The van der Waals surface area contributed by atoms with Crippen LogP contribution in [0.1, 0.15) is 18.4 Å². The molecule has 1 amide bonds. The maximum absolute atomic E-state index is 12.7. The van der Waals surface area contributed by atoms with E-state index in [1.54, 1.807) is 30.1 Å². The van der Waals surface area contributed by atoms with Crippen LogP contribution in [-0.2, 0) is 21.2 Å². The van der Waals surface area contributed by atoms with Crippen molar-refractivity contribution in [2.75, 3.05) is 25.0 Å². The van der Waals surface area contributed by atoms with Gasteiger partial charge in [0.2, 0.25) is 15.9 Å². The van der Waals surface area contributed by atoms with Gasteiger partial charge in [0.25, 0.3) is 0 Å². The van der Waals surface area contributed by atoms with Crippen molar-refractivity contribution < 1.29 is 13.2 Å². The normalized spacial score (nSPS) is 22.9. The van der Waals surface area contributed by atoms with Crippen molar-refractivity contribution in [1.29, 1.82) is 0 Å². The van der Waals surface area contributed by atoms with E-state index in [4.69, 9.17) is 5.73 Å². The van der Waals surface area contributed by atoms with Gasteiger partial charge in [0.1, 0.15) is 0 Å². The number of likely N-dealkylation sites (N-methyl/N-ethyl adjacent to an activating group) is 1. The van der Waals surface area contributed by atoms with Crippen LogP contribution in [0.25, 0.3) is 0 Å². The van der Waals surface area contributed by atoms with Gasteiger partial charge in [0, 0.05) is 31.9 Å². The van der Waals surface area contributed by atoms with Crippen molar-refractivity contribution >= 4 is 21.6 Å². The molecule has 2 aliphatic rings. The molecule has 0 saturated carbocycles. The monoisotopic (exact) mass is 309 g/mol. The Balaban J connectivity index is 1.98. The zero-order valence-electron chi connectivity index (χ0n) is 11.9. The van der Waals surface area contributed by atoms with Gasteiger partial charge < -0.3 is 10.6 Å². The number of carbonyl (C=O) groups excluding carboxylic acids is 1. The van der Waals surface area contributed by atoms with Crippen LogP contribution in [0.15, 0.2) is 23.1 Å². The van der Waals surface area contributed by atoms with Crippen molar-refractivity contribution in [3.05, 3.63) is 23.8 Å². The SMILES string of the molecule is CN1C(=O)Cc2cc(S(=O)(=O)N3CCCC3CN)ccc21. The molecule has 0 spiro atoms. The smallest absolute Gasteiger partial charge is 0.243 e. The molecule has 3 rings (SSSR count). The van der Waals surface area contributed by atoms with Gasteiger partial charge in [-0.1, -0.05) is 0 Å². The average Bonchev–Trinajstić information content (AvgIpc) is 3.04. The molecule has 0 radical (unpaired) electrons. The Labute approximate surface area is 124 Å². The topological polar surface area (TPSA) is 83.7 Å². The first-order chi connectivity index (χ1) is 9.95. The third-order valence-corrected chi connectivity index (χ3v) is 6.28. The Hall–Kier alpha value is -1.44. The van der Waals surface area contributed by atoms with Crippen LogP contribution >= 0.6 is 0 Å². The quantitative estimate of drug-likeness (QED) is 0.871. The van der Waals surface area contributed by atoms with Gasteiger partial charge in [-0.3, -0.25) is 4.79 Å². The minimum absolute atomic E-state index is 0.0134. The molecule has 1 atom stereocenters. The molecule has 7 heteroatoms. The predicted octanol–water partition coefficient (Wildman–Crippen LogP) is 0.317. The predicted molar refractivity (Wildman–Crippen MR) is 79.5 cm³/mol. The molecule has 2 heterocycles. The summed E-state index contributed by atoms with van der Waals surface area (Å²) < 4.78 is 27.0. The summed E-state index contributed by atoms with van der Waals surface area (Å²) in [5, 5.41) is 0. The molecule has 1 aromatic rings. The van der Waals surface area contributed by atoms with Crippen LogP contribution in [0, 0.1) is 0 Å². The highest BCUT2D eigenvalue weighted by Crippen LogP contribution is 2.32. The molecule has 6 nitrogen and oxygen atoms in total. The second-order valence-electron chi connectivity index (χ2n) is 5.57. The van der Waals surface area contributed by atoms with E-state index < -0.39 is 10.0 Å². The minimum atomic E-state index is -3.53. The standard InChI is InChI=1S/C14H19N3O3S/c1-16-13-5-4-12(7-10(13)8-14(16)18)21(19,20)17-6-2-3-11(17)9-15/h4-5,7,11H,2-3,6,8-9,15H2,1H3. The molecule has 1 saturated heterocycles. The Bertz CT molecular complexity index is 687. The molecule has 1 fully saturated rings. The summed E-state index contributed by atoms with van der Waals surface area (Å²) in [6.45, 7) is 0.853. The highest BCUT2D eigenvalue weighted by molar-refractivity contribution is 7.89. The molecule has 1 unspecified atom stereocenters. The van der Waals surface area contributed by atoms with Crippen LogP contribution in [0.5, 0.6) is 0 Å². The molecule has 0 aromatic heterocycles. The summed E-state index contributed by atoms with van der Waals surface area (Å²) in [5.74, 6) is -0.0134. The van der Waals surface area contributed by atoms with Crippen molar-refractivity contribution in [2.45, 2.75) is 30.2 Å². The van der Waals surface area contributed by atoms with E-state index in [1.165, 1.54) is 4.31 Å². The molecule has 0 aliphatic carbocycles. The Morgan fingerprint density at radius 3 is 2.86 bits per heavy atom. The number of nitrogens with two attached hydrogens (primary N) is 1. The fraction of sp³-hybridized carbons (Fsp3) is 0.500. The van der Waals surface area contributed by atoms with Gasteiger partial charge in [-0.25, -0.2) is 8.42 Å². The van der Waals surface area contributed by atoms with Crippen LogP contribution in [0.4, 0.5) is 5.69 Å². The van der Waals surface area contributed by atoms with E-state index in [2.05, 4.69) is 0 Å². The average molecular weight is 309 g/mol. The first-order valence-electron chi connectivity index (χ1n) is 7.06. The Morgan fingerprint density at radius 1 is 1.38 bits per heavy atom. The summed E-state index contributed by atoms with van der Waals surface area (Å²) in [7, 11) is -1.83. The second kappa shape index (κ2) is 5.08. The first-order valence-corrected chi connectivity index (χ1v) is 8.50. The summed E-state index contributed by atoms with van der Waals surface area (Å²) in [6, 6.07) is 4.79. The number of carbonyl (C=O) groups is 1. The molecule has 21 heavy (non-hydrogen) atoms. The van der Waals surface area contributed by atoms with Gasteiger partial charge in [-0.15, -0.1) is 0 Å². The number of rotatable bonds is 3. The number of amides is 1. The fourth-order valence-corrected chi connectivity index (χ4v) is 4.86. The van der Waals surface area contributed by atoms with Crippen LogP contribution in [0.2, 0.25) is 0 Å². The van der Waals surface area contributed by atoms with E-state index in [0.29, 0.717) is 13.1 Å². The lowest BCUT2D eigenvalue weighted by Crippen LogP contribution is -2.39.